The van der Waals surface area contributed by atoms with Gasteiger partial charge >= 0.3 is 5.97 Å². The summed E-state index contributed by atoms with van der Waals surface area (Å²) in [5, 5.41) is 8.51. The van der Waals surface area contributed by atoms with Gasteiger partial charge in [-0.25, -0.2) is 12.7 Å². The van der Waals surface area contributed by atoms with E-state index in [1.54, 1.807) is 0 Å². The van der Waals surface area contributed by atoms with Gasteiger partial charge < -0.3 is 5.11 Å². The fourth-order valence-electron chi connectivity index (χ4n) is 2.07. The molecule has 0 aromatic rings. The Morgan fingerprint density at radius 2 is 1.88 bits per heavy atom. The largest absolute Gasteiger partial charge is 0.480 e. The minimum absolute atomic E-state index is 0.457. The van der Waals surface area contributed by atoms with Gasteiger partial charge in [0.05, 0.1) is 0 Å². The van der Waals surface area contributed by atoms with E-state index in [0.717, 1.165) is 12.8 Å². The monoisotopic (exact) mass is 249 g/mol. The first-order valence-electron chi connectivity index (χ1n) is 5.52. The Bertz CT molecular complexity index is 342. The van der Waals surface area contributed by atoms with Crippen LogP contribution in [0.2, 0.25) is 0 Å². The third-order valence-electron chi connectivity index (χ3n) is 3.14. The van der Waals surface area contributed by atoms with E-state index in [0.29, 0.717) is 24.9 Å². The molecule has 0 aromatic carbocycles. The lowest BCUT2D eigenvalue weighted by atomic mass is 9.87. The SMILES string of the molecule is CC(C)C1CCN(S(=O)(=O)CC(=O)O)CC1. The van der Waals surface area contributed by atoms with Gasteiger partial charge in [-0.1, -0.05) is 13.8 Å². The zero-order valence-electron chi connectivity index (χ0n) is 9.72. The van der Waals surface area contributed by atoms with Crippen molar-refractivity contribution in [3.05, 3.63) is 0 Å². The lowest BCUT2D eigenvalue weighted by Gasteiger charge is -2.32. The molecule has 0 saturated carbocycles. The summed E-state index contributed by atoms with van der Waals surface area (Å²) in [6.07, 6.45) is 1.66. The summed E-state index contributed by atoms with van der Waals surface area (Å²) in [5.41, 5.74) is 0. The smallest absolute Gasteiger partial charge is 0.320 e. The Labute approximate surface area is 96.5 Å². The molecule has 16 heavy (non-hydrogen) atoms. The van der Waals surface area contributed by atoms with Crippen LogP contribution in [0, 0.1) is 11.8 Å². The summed E-state index contributed by atoms with van der Waals surface area (Å²) in [7, 11) is -3.60. The standard InChI is InChI=1S/C10H19NO4S/c1-8(2)9-3-5-11(6-4-9)16(14,15)7-10(12)13/h8-9H,3-7H2,1-2H3,(H,12,13). The predicted octanol–water partition coefficient (Wildman–Crippen LogP) is 0.769. The van der Waals surface area contributed by atoms with Crippen LogP contribution in [0.1, 0.15) is 26.7 Å². The second-order valence-corrected chi connectivity index (χ2v) is 6.60. The van der Waals surface area contributed by atoms with Gasteiger partial charge in [0.25, 0.3) is 0 Å². The summed E-state index contributed by atoms with van der Waals surface area (Å²) < 4.78 is 24.5. The number of carboxylic acid groups (broad SMARTS) is 1. The summed E-state index contributed by atoms with van der Waals surface area (Å²) >= 11 is 0. The highest BCUT2D eigenvalue weighted by Crippen LogP contribution is 2.25. The van der Waals surface area contributed by atoms with Crippen LogP contribution in [0.25, 0.3) is 0 Å². The zero-order chi connectivity index (χ0) is 12.3. The van der Waals surface area contributed by atoms with Gasteiger partial charge in [0.2, 0.25) is 10.0 Å². The molecule has 1 fully saturated rings. The minimum Gasteiger partial charge on any atom is -0.480 e. The highest BCUT2D eigenvalue weighted by molar-refractivity contribution is 7.89. The van der Waals surface area contributed by atoms with Crippen LogP contribution < -0.4 is 0 Å². The molecule has 0 aromatic heterocycles. The normalized spacial score (nSPS) is 20.2. The Morgan fingerprint density at radius 1 is 1.38 bits per heavy atom. The second-order valence-electron chi connectivity index (χ2n) is 4.63. The van der Waals surface area contributed by atoms with Crippen molar-refractivity contribution in [2.24, 2.45) is 11.8 Å². The van der Waals surface area contributed by atoms with E-state index in [9.17, 15) is 13.2 Å². The van der Waals surface area contributed by atoms with E-state index in [4.69, 9.17) is 5.11 Å². The van der Waals surface area contributed by atoms with Gasteiger partial charge in [0, 0.05) is 13.1 Å². The summed E-state index contributed by atoms with van der Waals surface area (Å²) in [6, 6.07) is 0. The third-order valence-corrected chi connectivity index (χ3v) is 4.90. The van der Waals surface area contributed by atoms with Crippen molar-refractivity contribution in [1.82, 2.24) is 4.31 Å². The van der Waals surface area contributed by atoms with Crippen molar-refractivity contribution < 1.29 is 18.3 Å². The van der Waals surface area contributed by atoms with Gasteiger partial charge in [-0.15, -0.1) is 0 Å². The van der Waals surface area contributed by atoms with Crippen LogP contribution in [0.3, 0.4) is 0 Å². The zero-order valence-corrected chi connectivity index (χ0v) is 10.5. The Morgan fingerprint density at radius 3 is 2.25 bits per heavy atom. The maximum atomic E-state index is 11.6. The lowest BCUT2D eigenvalue weighted by molar-refractivity contribution is -0.134. The van der Waals surface area contributed by atoms with Crippen molar-refractivity contribution in [2.45, 2.75) is 26.7 Å². The molecule has 0 unspecified atom stereocenters. The van der Waals surface area contributed by atoms with E-state index >= 15 is 0 Å². The van der Waals surface area contributed by atoms with E-state index < -0.39 is 21.7 Å². The van der Waals surface area contributed by atoms with Gasteiger partial charge in [-0.2, -0.15) is 0 Å². The maximum absolute atomic E-state index is 11.6. The molecule has 1 saturated heterocycles. The third kappa shape index (κ3) is 3.45. The molecule has 0 bridgehead atoms. The molecule has 0 spiro atoms. The number of nitrogens with zero attached hydrogens (tertiary/aromatic N) is 1. The maximum Gasteiger partial charge on any atom is 0.320 e. The molecule has 5 nitrogen and oxygen atoms in total. The fraction of sp³-hybridized carbons (Fsp3) is 0.900. The van der Waals surface area contributed by atoms with E-state index in [1.165, 1.54) is 4.31 Å². The second kappa shape index (κ2) is 5.14. The molecule has 94 valence electrons. The minimum atomic E-state index is -3.60. The van der Waals surface area contributed by atoms with E-state index in [1.807, 2.05) is 0 Å². The average Bonchev–Trinajstić information content (AvgIpc) is 2.16. The molecule has 1 rings (SSSR count). The Kier molecular flexibility index (Phi) is 4.32. The molecule has 6 heteroatoms. The molecule has 1 heterocycles. The number of piperidine rings is 1. The Hall–Kier alpha value is -0.620. The molecule has 1 aliphatic heterocycles. The number of sulfonamides is 1. The molecule has 1 N–H and O–H groups in total. The number of hydrogen-bond donors (Lipinski definition) is 1. The summed E-state index contributed by atoms with van der Waals surface area (Å²) in [4.78, 5) is 10.4. The van der Waals surface area contributed by atoms with Crippen molar-refractivity contribution in [2.75, 3.05) is 18.8 Å². The summed E-state index contributed by atoms with van der Waals surface area (Å²) in [5.74, 6) is -0.967. The molecular formula is C10H19NO4S. The average molecular weight is 249 g/mol. The topological polar surface area (TPSA) is 74.7 Å². The van der Waals surface area contributed by atoms with Gasteiger partial charge in [-0.3, -0.25) is 4.79 Å². The molecule has 0 amide bonds. The molecule has 0 atom stereocenters. The Balaban J connectivity index is 2.56. The predicted molar refractivity (Wildman–Crippen MR) is 60.6 cm³/mol. The molecular weight excluding hydrogens is 230 g/mol. The van der Waals surface area contributed by atoms with Crippen LogP contribution >= 0.6 is 0 Å². The van der Waals surface area contributed by atoms with Gasteiger partial charge in [-0.05, 0) is 24.7 Å². The van der Waals surface area contributed by atoms with Crippen LogP contribution in [-0.4, -0.2) is 42.6 Å². The van der Waals surface area contributed by atoms with Crippen LogP contribution in [0.15, 0.2) is 0 Å². The highest BCUT2D eigenvalue weighted by atomic mass is 32.2. The molecule has 0 radical (unpaired) electrons. The van der Waals surface area contributed by atoms with E-state index in [-0.39, 0.29) is 0 Å². The first-order chi connectivity index (χ1) is 7.33. The number of aliphatic carboxylic acids is 1. The van der Waals surface area contributed by atoms with Crippen molar-refractivity contribution >= 4 is 16.0 Å². The number of hydrogen-bond acceptors (Lipinski definition) is 3. The van der Waals surface area contributed by atoms with Crippen molar-refractivity contribution in [1.29, 1.82) is 0 Å². The van der Waals surface area contributed by atoms with Crippen molar-refractivity contribution in [3.63, 3.8) is 0 Å². The summed E-state index contributed by atoms with van der Waals surface area (Å²) in [6.45, 7) is 5.18. The molecule has 1 aliphatic rings. The number of rotatable bonds is 4. The number of carbonyl (C=O) groups is 1. The van der Waals surface area contributed by atoms with Crippen LogP contribution in [0.4, 0.5) is 0 Å². The fourth-order valence-corrected chi connectivity index (χ4v) is 3.33. The van der Waals surface area contributed by atoms with Crippen LogP contribution in [-0.2, 0) is 14.8 Å². The van der Waals surface area contributed by atoms with Gasteiger partial charge in [0.15, 0.2) is 5.75 Å². The van der Waals surface area contributed by atoms with E-state index in [2.05, 4.69) is 13.8 Å². The highest BCUT2D eigenvalue weighted by Gasteiger charge is 2.30. The number of carboxylic acids is 1. The van der Waals surface area contributed by atoms with Crippen molar-refractivity contribution in [3.8, 4) is 0 Å². The van der Waals surface area contributed by atoms with Crippen LogP contribution in [0.5, 0.6) is 0 Å². The van der Waals surface area contributed by atoms with Gasteiger partial charge in [0.1, 0.15) is 0 Å². The first-order valence-corrected chi connectivity index (χ1v) is 7.13. The molecule has 0 aliphatic carbocycles. The quantitative estimate of drug-likeness (QED) is 0.798. The lowest BCUT2D eigenvalue weighted by Crippen LogP contribution is -2.41. The first kappa shape index (κ1) is 13.4.